The standard InChI is InChI=1S/C27H42N4O/c1-28(2)18-19-30-25-11-5-6-12-26(25)31(27(30)20-32)22-14-16-29(17-15-22)24-13-7-9-21-8-3-4-10-23(21)24/h5-6,11-12,20-24,27H,3-4,7-10,13-19H2,1-2H3. The first-order valence-electron chi connectivity index (χ1n) is 13.2. The number of para-hydroxylation sites is 2. The van der Waals surface area contributed by atoms with Crippen molar-refractivity contribution >= 4 is 17.7 Å². The van der Waals surface area contributed by atoms with E-state index in [1.807, 2.05) is 0 Å². The third kappa shape index (κ3) is 4.19. The number of benzene rings is 1. The van der Waals surface area contributed by atoms with Crippen LogP contribution in [0.15, 0.2) is 24.3 Å². The SMILES string of the molecule is CN(C)CCN1c2ccccc2N(C2CCN(C3CCCC4CCCCC43)CC2)C1C=O. The van der Waals surface area contributed by atoms with Gasteiger partial charge in [-0.3, -0.25) is 9.69 Å². The van der Waals surface area contributed by atoms with E-state index in [-0.39, 0.29) is 6.17 Å². The van der Waals surface area contributed by atoms with Gasteiger partial charge in [0.05, 0.1) is 11.4 Å². The molecular weight excluding hydrogens is 396 g/mol. The molecule has 5 nitrogen and oxygen atoms in total. The summed E-state index contributed by atoms with van der Waals surface area (Å²) in [6.07, 6.45) is 13.5. The minimum atomic E-state index is -0.165. The second-order valence-corrected chi connectivity index (χ2v) is 10.9. The molecule has 5 heteroatoms. The molecule has 2 saturated carbocycles. The van der Waals surface area contributed by atoms with Gasteiger partial charge >= 0.3 is 0 Å². The molecule has 0 amide bonds. The zero-order valence-corrected chi connectivity index (χ0v) is 20.2. The van der Waals surface area contributed by atoms with Crippen molar-refractivity contribution in [3.8, 4) is 0 Å². The minimum absolute atomic E-state index is 0.165. The molecule has 0 bridgehead atoms. The number of likely N-dealkylation sites (N-methyl/N-ethyl adjacent to an activating group) is 1. The second kappa shape index (κ2) is 9.72. The summed E-state index contributed by atoms with van der Waals surface area (Å²) in [5, 5.41) is 0. The summed E-state index contributed by atoms with van der Waals surface area (Å²) >= 11 is 0. The van der Waals surface area contributed by atoms with Gasteiger partial charge in [0, 0.05) is 38.3 Å². The van der Waals surface area contributed by atoms with Crippen molar-refractivity contribution in [2.24, 2.45) is 11.8 Å². The van der Waals surface area contributed by atoms with E-state index < -0.39 is 0 Å². The highest BCUT2D eigenvalue weighted by Gasteiger charge is 2.43. The molecule has 0 N–H and O–H groups in total. The van der Waals surface area contributed by atoms with Gasteiger partial charge in [0.2, 0.25) is 0 Å². The van der Waals surface area contributed by atoms with Crippen molar-refractivity contribution in [3.63, 3.8) is 0 Å². The van der Waals surface area contributed by atoms with Crippen LogP contribution in [0.4, 0.5) is 11.4 Å². The number of carbonyl (C=O) groups is 1. The fraction of sp³-hybridized carbons (Fsp3) is 0.741. The summed E-state index contributed by atoms with van der Waals surface area (Å²) in [5.74, 6) is 1.95. The number of aldehydes is 1. The summed E-state index contributed by atoms with van der Waals surface area (Å²) in [7, 11) is 4.21. The van der Waals surface area contributed by atoms with Crippen LogP contribution in [0.1, 0.15) is 57.8 Å². The Morgan fingerprint density at radius 1 is 0.938 bits per heavy atom. The topological polar surface area (TPSA) is 30.0 Å². The van der Waals surface area contributed by atoms with Crippen molar-refractivity contribution in [2.45, 2.75) is 76.0 Å². The quantitative estimate of drug-likeness (QED) is 0.621. The summed E-state index contributed by atoms with van der Waals surface area (Å²) < 4.78 is 0. The first kappa shape index (κ1) is 22.2. The van der Waals surface area contributed by atoms with Crippen molar-refractivity contribution in [3.05, 3.63) is 24.3 Å². The summed E-state index contributed by atoms with van der Waals surface area (Å²) in [6, 6.07) is 9.93. The predicted molar refractivity (Wildman–Crippen MR) is 132 cm³/mol. The Labute approximate surface area is 194 Å². The van der Waals surface area contributed by atoms with Gasteiger partial charge in [-0.25, -0.2) is 0 Å². The zero-order chi connectivity index (χ0) is 22.1. The lowest BCUT2D eigenvalue weighted by molar-refractivity contribution is -0.109. The highest BCUT2D eigenvalue weighted by Crippen LogP contribution is 2.45. The lowest BCUT2D eigenvalue weighted by Crippen LogP contribution is -2.56. The van der Waals surface area contributed by atoms with Crippen LogP contribution in [0.5, 0.6) is 0 Å². The average Bonchev–Trinajstić information content (AvgIpc) is 3.16. The third-order valence-corrected chi connectivity index (χ3v) is 8.88. The number of anilines is 2. The zero-order valence-electron chi connectivity index (χ0n) is 20.2. The van der Waals surface area contributed by atoms with Crippen LogP contribution in [-0.4, -0.2) is 74.6 Å². The van der Waals surface area contributed by atoms with Crippen molar-refractivity contribution in [1.82, 2.24) is 9.80 Å². The van der Waals surface area contributed by atoms with Gasteiger partial charge in [0.25, 0.3) is 0 Å². The van der Waals surface area contributed by atoms with Crippen LogP contribution < -0.4 is 9.80 Å². The number of hydrogen-bond donors (Lipinski definition) is 0. The fourth-order valence-corrected chi connectivity index (χ4v) is 7.33. The Bertz CT molecular complexity index is 773. The minimum Gasteiger partial charge on any atom is -0.342 e. The van der Waals surface area contributed by atoms with Crippen LogP contribution in [0.3, 0.4) is 0 Å². The second-order valence-electron chi connectivity index (χ2n) is 10.9. The molecular formula is C27H42N4O. The summed E-state index contributed by atoms with van der Waals surface area (Å²) in [4.78, 5) is 22.2. The van der Waals surface area contributed by atoms with Crippen LogP contribution in [0.2, 0.25) is 0 Å². The molecule has 0 aromatic heterocycles. The normalized spacial score (nSPS) is 31.6. The van der Waals surface area contributed by atoms with Crippen LogP contribution in [0, 0.1) is 11.8 Å². The van der Waals surface area contributed by atoms with E-state index in [1.165, 1.54) is 88.5 Å². The smallest absolute Gasteiger partial charge is 0.162 e. The summed E-state index contributed by atoms with van der Waals surface area (Å²) in [6.45, 7) is 4.23. The maximum absolute atomic E-state index is 12.3. The number of piperidine rings is 1. The van der Waals surface area contributed by atoms with Crippen LogP contribution >= 0.6 is 0 Å². The Balaban J connectivity index is 1.29. The maximum Gasteiger partial charge on any atom is 0.162 e. The first-order chi connectivity index (χ1) is 15.7. The van der Waals surface area contributed by atoms with Gasteiger partial charge in [0.1, 0.15) is 0 Å². The molecule has 4 unspecified atom stereocenters. The van der Waals surface area contributed by atoms with Gasteiger partial charge in [-0.1, -0.05) is 44.2 Å². The van der Waals surface area contributed by atoms with Crippen LogP contribution in [0.25, 0.3) is 0 Å². The molecule has 176 valence electrons. The van der Waals surface area contributed by atoms with Gasteiger partial charge in [-0.05, 0) is 63.7 Å². The number of hydrogen-bond acceptors (Lipinski definition) is 5. The molecule has 1 saturated heterocycles. The Morgan fingerprint density at radius 3 is 2.41 bits per heavy atom. The Kier molecular flexibility index (Phi) is 6.75. The molecule has 2 aliphatic carbocycles. The Morgan fingerprint density at radius 2 is 1.66 bits per heavy atom. The fourth-order valence-electron chi connectivity index (χ4n) is 7.33. The van der Waals surface area contributed by atoms with Gasteiger partial charge in [-0.2, -0.15) is 0 Å². The lowest BCUT2D eigenvalue weighted by atomic mass is 9.67. The Hall–Kier alpha value is -1.59. The largest absolute Gasteiger partial charge is 0.342 e. The first-order valence-corrected chi connectivity index (χ1v) is 13.2. The third-order valence-electron chi connectivity index (χ3n) is 8.88. The van der Waals surface area contributed by atoms with Crippen molar-refractivity contribution in [1.29, 1.82) is 0 Å². The van der Waals surface area contributed by atoms with E-state index in [1.54, 1.807) is 0 Å². The van der Waals surface area contributed by atoms with E-state index in [0.29, 0.717) is 6.04 Å². The molecule has 1 aromatic carbocycles. The highest BCUT2D eigenvalue weighted by atomic mass is 16.1. The highest BCUT2D eigenvalue weighted by molar-refractivity contribution is 5.86. The summed E-state index contributed by atoms with van der Waals surface area (Å²) in [5.41, 5.74) is 2.48. The van der Waals surface area contributed by atoms with E-state index in [0.717, 1.165) is 31.0 Å². The van der Waals surface area contributed by atoms with Crippen molar-refractivity contribution < 1.29 is 4.79 Å². The maximum atomic E-state index is 12.3. The molecule has 2 heterocycles. The number of rotatable bonds is 6. The molecule has 0 radical (unpaired) electrons. The predicted octanol–water partition coefficient (Wildman–Crippen LogP) is 4.22. The van der Waals surface area contributed by atoms with E-state index in [2.05, 4.69) is 58.0 Å². The van der Waals surface area contributed by atoms with E-state index in [4.69, 9.17) is 0 Å². The molecule has 2 aliphatic heterocycles. The molecule has 32 heavy (non-hydrogen) atoms. The average molecular weight is 439 g/mol. The van der Waals surface area contributed by atoms with Gasteiger partial charge < -0.3 is 14.7 Å². The van der Waals surface area contributed by atoms with Gasteiger partial charge in [0.15, 0.2) is 12.5 Å². The number of carbonyl (C=O) groups excluding carboxylic acids is 1. The van der Waals surface area contributed by atoms with Crippen LogP contribution in [-0.2, 0) is 4.79 Å². The molecule has 0 spiro atoms. The van der Waals surface area contributed by atoms with E-state index in [9.17, 15) is 4.79 Å². The molecule has 5 rings (SSSR count). The van der Waals surface area contributed by atoms with Crippen molar-refractivity contribution in [2.75, 3.05) is 50.1 Å². The number of nitrogens with zero attached hydrogens (tertiary/aromatic N) is 4. The van der Waals surface area contributed by atoms with E-state index >= 15 is 0 Å². The molecule has 4 atom stereocenters. The number of fused-ring (bicyclic) bond motifs is 2. The lowest BCUT2D eigenvalue weighted by Gasteiger charge is -2.49. The molecule has 3 fully saturated rings. The monoisotopic (exact) mass is 438 g/mol. The molecule has 1 aromatic rings. The number of likely N-dealkylation sites (tertiary alicyclic amines) is 1. The van der Waals surface area contributed by atoms with Gasteiger partial charge in [-0.15, -0.1) is 0 Å². The molecule has 4 aliphatic rings.